The van der Waals surface area contributed by atoms with E-state index in [1.165, 1.54) is 21.0 Å². The summed E-state index contributed by atoms with van der Waals surface area (Å²) < 4.78 is 0. The molecule has 4 heteroatoms. The van der Waals surface area contributed by atoms with Crippen LogP contribution in [0.3, 0.4) is 0 Å². The summed E-state index contributed by atoms with van der Waals surface area (Å²) in [7, 11) is 2.89. The molecule has 0 aliphatic rings. The molecule has 3 amide bonds. The van der Waals surface area contributed by atoms with Crippen LogP contribution in [0.4, 0.5) is 4.79 Å². The molecule has 0 bridgehead atoms. The normalized spacial score (nSPS) is 8.33. The molecular formula is C5H10N2O2. The zero-order chi connectivity index (χ0) is 7.44. The lowest BCUT2D eigenvalue weighted by molar-refractivity contribution is -0.124. The highest BCUT2D eigenvalue weighted by Crippen LogP contribution is 1.81. The zero-order valence-electron chi connectivity index (χ0n) is 5.76. The predicted octanol–water partition coefficient (Wildman–Crippen LogP) is -0.196. The van der Waals surface area contributed by atoms with Gasteiger partial charge in [0.2, 0.25) is 5.91 Å². The van der Waals surface area contributed by atoms with E-state index in [2.05, 4.69) is 5.32 Å². The van der Waals surface area contributed by atoms with E-state index in [9.17, 15) is 9.59 Å². The Kier molecular flexibility index (Phi) is 2.70. The van der Waals surface area contributed by atoms with Crippen LogP contribution >= 0.6 is 0 Å². The van der Waals surface area contributed by atoms with Gasteiger partial charge >= 0.3 is 6.03 Å². The fourth-order valence-electron chi connectivity index (χ4n) is 0.311. The molecule has 0 radical (unpaired) electrons. The van der Waals surface area contributed by atoms with Crippen molar-refractivity contribution in [2.24, 2.45) is 0 Å². The van der Waals surface area contributed by atoms with E-state index < -0.39 is 0 Å². The first-order chi connectivity index (χ1) is 4.09. The predicted molar refractivity (Wildman–Crippen MR) is 32.9 cm³/mol. The highest BCUT2D eigenvalue weighted by molar-refractivity contribution is 5.92. The molecule has 4 nitrogen and oxygen atoms in total. The van der Waals surface area contributed by atoms with Crippen LogP contribution in [0.1, 0.15) is 6.92 Å². The number of hydrogen-bond acceptors (Lipinski definition) is 2. The molecule has 0 rings (SSSR count). The standard InChI is InChI=1S/C5H10N2O2/c1-4(8)7(3)5(9)6-2/h1-3H3,(H,6,9). The number of nitrogens with zero attached hydrogens (tertiary/aromatic N) is 1. The van der Waals surface area contributed by atoms with Gasteiger partial charge in [0, 0.05) is 21.0 Å². The summed E-state index contributed by atoms with van der Waals surface area (Å²) in [5.74, 6) is -0.269. The van der Waals surface area contributed by atoms with Gasteiger partial charge in [0.1, 0.15) is 0 Å². The van der Waals surface area contributed by atoms with Crippen LogP contribution < -0.4 is 5.32 Å². The van der Waals surface area contributed by atoms with Crippen molar-refractivity contribution in [2.75, 3.05) is 14.1 Å². The topological polar surface area (TPSA) is 49.4 Å². The fraction of sp³-hybridized carbons (Fsp3) is 0.600. The highest BCUT2D eigenvalue weighted by Gasteiger charge is 2.08. The number of amides is 3. The molecular weight excluding hydrogens is 120 g/mol. The van der Waals surface area contributed by atoms with Gasteiger partial charge in [-0.2, -0.15) is 0 Å². The molecule has 0 atom stereocenters. The lowest BCUT2D eigenvalue weighted by atomic mass is 10.6. The van der Waals surface area contributed by atoms with Gasteiger partial charge in [0.25, 0.3) is 0 Å². The van der Waals surface area contributed by atoms with Gasteiger partial charge in [-0.05, 0) is 0 Å². The van der Waals surface area contributed by atoms with Crippen molar-refractivity contribution >= 4 is 11.9 Å². The Bertz CT molecular complexity index is 133. The molecule has 0 heterocycles. The third-order valence-electron chi connectivity index (χ3n) is 0.991. The Balaban J connectivity index is 3.88. The Morgan fingerprint density at radius 3 is 2.00 bits per heavy atom. The van der Waals surface area contributed by atoms with Crippen molar-refractivity contribution < 1.29 is 9.59 Å². The summed E-state index contributed by atoms with van der Waals surface area (Å²) in [4.78, 5) is 22.0. The number of carbonyl (C=O) groups excluding carboxylic acids is 2. The van der Waals surface area contributed by atoms with Crippen LogP contribution in [0.2, 0.25) is 0 Å². The molecule has 9 heavy (non-hydrogen) atoms. The van der Waals surface area contributed by atoms with Crippen molar-refractivity contribution in [3.8, 4) is 0 Å². The third kappa shape index (κ3) is 2.12. The molecule has 0 aliphatic heterocycles. The van der Waals surface area contributed by atoms with Crippen molar-refractivity contribution in [1.82, 2.24) is 10.2 Å². The monoisotopic (exact) mass is 130 g/mol. The van der Waals surface area contributed by atoms with Gasteiger partial charge in [0.15, 0.2) is 0 Å². The summed E-state index contributed by atoms with van der Waals surface area (Å²) in [5.41, 5.74) is 0. The molecule has 0 aliphatic carbocycles. The fourth-order valence-corrected chi connectivity index (χ4v) is 0.311. The number of imide groups is 1. The Hall–Kier alpha value is -1.06. The van der Waals surface area contributed by atoms with Crippen LogP contribution in [0.15, 0.2) is 0 Å². The molecule has 0 saturated carbocycles. The van der Waals surface area contributed by atoms with E-state index in [-0.39, 0.29) is 11.9 Å². The van der Waals surface area contributed by atoms with Gasteiger partial charge in [-0.1, -0.05) is 0 Å². The van der Waals surface area contributed by atoms with E-state index in [0.29, 0.717) is 0 Å². The van der Waals surface area contributed by atoms with Gasteiger partial charge in [-0.15, -0.1) is 0 Å². The summed E-state index contributed by atoms with van der Waals surface area (Å²) in [6, 6.07) is -0.387. The summed E-state index contributed by atoms with van der Waals surface area (Å²) in [5, 5.41) is 2.31. The number of nitrogens with one attached hydrogen (secondary N) is 1. The first-order valence-corrected chi connectivity index (χ1v) is 2.55. The molecule has 0 spiro atoms. The maximum Gasteiger partial charge on any atom is 0.323 e. The van der Waals surface area contributed by atoms with Crippen molar-refractivity contribution in [1.29, 1.82) is 0 Å². The molecule has 0 aromatic carbocycles. The van der Waals surface area contributed by atoms with E-state index in [1.54, 1.807) is 0 Å². The minimum absolute atomic E-state index is 0.269. The van der Waals surface area contributed by atoms with Crippen LogP contribution in [-0.2, 0) is 4.79 Å². The van der Waals surface area contributed by atoms with Crippen LogP contribution in [0, 0.1) is 0 Å². The summed E-state index contributed by atoms with van der Waals surface area (Å²) >= 11 is 0. The second-order valence-electron chi connectivity index (χ2n) is 1.63. The smallest absolute Gasteiger partial charge is 0.323 e. The number of rotatable bonds is 0. The van der Waals surface area contributed by atoms with E-state index >= 15 is 0 Å². The van der Waals surface area contributed by atoms with Crippen LogP contribution in [0.25, 0.3) is 0 Å². The SMILES string of the molecule is CNC(=O)N(C)C(C)=O. The summed E-state index contributed by atoms with van der Waals surface area (Å²) in [6.07, 6.45) is 0. The first kappa shape index (κ1) is 7.94. The van der Waals surface area contributed by atoms with E-state index in [4.69, 9.17) is 0 Å². The van der Waals surface area contributed by atoms with E-state index in [1.807, 2.05) is 0 Å². The average molecular weight is 130 g/mol. The van der Waals surface area contributed by atoms with Crippen molar-refractivity contribution in [3.63, 3.8) is 0 Å². The second-order valence-corrected chi connectivity index (χ2v) is 1.63. The van der Waals surface area contributed by atoms with Gasteiger partial charge < -0.3 is 5.32 Å². The first-order valence-electron chi connectivity index (χ1n) is 2.55. The average Bonchev–Trinajstić information content (AvgIpc) is 1.84. The van der Waals surface area contributed by atoms with Gasteiger partial charge in [0.05, 0.1) is 0 Å². The maximum atomic E-state index is 10.5. The molecule has 0 fully saturated rings. The minimum Gasteiger partial charge on any atom is -0.341 e. The lowest BCUT2D eigenvalue weighted by Gasteiger charge is -2.10. The molecule has 0 unspecified atom stereocenters. The highest BCUT2D eigenvalue weighted by atomic mass is 16.2. The van der Waals surface area contributed by atoms with Crippen molar-refractivity contribution in [3.05, 3.63) is 0 Å². The Labute approximate surface area is 53.8 Å². The van der Waals surface area contributed by atoms with E-state index in [0.717, 1.165) is 4.90 Å². The van der Waals surface area contributed by atoms with Gasteiger partial charge in [-0.3, -0.25) is 9.69 Å². The third-order valence-corrected chi connectivity index (χ3v) is 0.991. The molecule has 1 N–H and O–H groups in total. The van der Waals surface area contributed by atoms with Gasteiger partial charge in [-0.25, -0.2) is 4.79 Å². The molecule has 0 saturated heterocycles. The van der Waals surface area contributed by atoms with Crippen LogP contribution in [-0.4, -0.2) is 30.9 Å². The summed E-state index contributed by atoms with van der Waals surface area (Å²) in [6.45, 7) is 1.33. The Morgan fingerprint density at radius 2 is 1.89 bits per heavy atom. The lowest BCUT2D eigenvalue weighted by Crippen LogP contribution is -2.37. The minimum atomic E-state index is -0.387. The quantitative estimate of drug-likeness (QED) is 0.494. The molecule has 52 valence electrons. The Morgan fingerprint density at radius 1 is 1.44 bits per heavy atom. The van der Waals surface area contributed by atoms with Crippen LogP contribution in [0.5, 0.6) is 0 Å². The zero-order valence-corrected chi connectivity index (χ0v) is 5.76. The second kappa shape index (κ2) is 3.06. The largest absolute Gasteiger partial charge is 0.341 e. The number of hydrogen-bond donors (Lipinski definition) is 1. The number of urea groups is 1. The van der Waals surface area contributed by atoms with Crippen molar-refractivity contribution in [2.45, 2.75) is 6.92 Å². The maximum absolute atomic E-state index is 10.5. The molecule has 0 aromatic rings. The molecule has 0 aromatic heterocycles. The number of carbonyl (C=O) groups is 2.